The minimum absolute atomic E-state index is 0.192. The summed E-state index contributed by atoms with van der Waals surface area (Å²) in [5.41, 5.74) is 5.27. The van der Waals surface area contributed by atoms with E-state index in [-0.39, 0.29) is 17.7 Å². The van der Waals surface area contributed by atoms with Crippen molar-refractivity contribution in [3.05, 3.63) is 12.2 Å². The highest BCUT2D eigenvalue weighted by Gasteiger charge is 2.54. The Morgan fingerprint density at radius 1 is 1.10 bits per heavy atom. The summed E-state index contributed by atoms with van der Waals surface area (Å²) in [6.07, 6.45) is 3.60. The fraction of sp³-hybridized carbons (Fsp3) is 0.643. The van der Waals surface area contributed by atoms with Crippen molar-refractivity contribution in [3.63, 3.8) is 0 Å². The maximum atomic E-state index is 12.6. The summed E-state index contributed by atoms with van der Waals surface area (Å²) in [7, 11) is 0. The SMILES string of the molecule is NC(=O)C1CCN(C(=O)[C@@H]2[C@@H](C(=O)O)[C@@H]3C=C[C@@H]2O3)CC1. The number of carbonyl (C=O) groups excluding carboxylic acids is 2. The lowest BCUT2D eigenvalue weighted by Crippen LogP contribution is -2.48. The van der Waals surface area contributed by atoms with Crippen molar-refractivity contribution in [3.8, 4) is 0 Å². The third kappa shape index (κ3) is 2.31. The average molecular weight is 294 g/mol. The van der Waals surface area contributed by atoms with Gasteiger partial charge in [0.1, 0.15) is 5.92 Å². The van der Waals surface area contributed by atoms with E-state index in [0.717, 1.165) is 0 Å². The third-order valence-corrected chi connectivity index (χ3v) is 4.68. The Balaban J connectivity index is 1.70. The van der Waals surface area contributed by atoms with Gasteiger partial charge in [0.05, 0.1) is 18.1 Å². The van der Waals surface area contributed by atoms with Gasteiger partial charge >= 0.3 is 5.97 Å². The molecule has 21 heavy (non-hydrogen) atoms. The quantitative estimate of drug-likeness (QED) is 0.673. The smallest absolute Gasteiger partial charge is 0.310 e. The van der Waals surface area contributed by atoms with Crippen molar-refractivity contribution in [1.29, 1.82) is 0 Å². The molecule has 3 rings (SSSR count). The van der Waals surface area contributed by atoms with E-state index >= 15 is 0 Å². The minimum atomic E-state index is -1.00. The summed E-state index contributed by atoms with van der Waals surface area (Å²) in [6, 6.07) is 0. The number of nitrogens with zero attached hydrogens (tertiary/aromatic N) is 1. The number of aliphatic carboxylic acids is 1. The number of rotatable bonds is 3. The Bertz CT molecular complexity index is 509. The maximum absolute atomic E-state index is 12.6. The second-order valence-electron chi connectivity index (χ2n) is 5.84. The monoisotopic (exact) mass is 294 g/mol. The molecule has 3 aliphatic rings. The standard InChI is InChI=1S/C14H18N2O5/c15-12(17)7-3-5-16(6-4-7)13(18)10-8-1-2-9(21-8)11(10)14(19)20/h1-2,7-11H,3-6H2,(H2,15,17)(H,19,20)/t8-,9-,10-,11-/m0/s1. The molecule has 3 heterocycles. The van der Waals surface area contributed by atoms with Crippen LogP contribution in [0.5, 0.6) is 0 Å². The number of likely N-dealkylation sites (tertiary alicyclic amines) is 1. The molecule has 2 fully saturated rings. The molecular formula is C14H18N2O5. The molecule has 0 unspecified atom stereocenters. The van der Waals surface area contributed by atoms with Crippen molar-refractivity contribution < 1.29 is 24.2 Å². The van der Waals surface area contributed by atoms with Crippen LogP contribution in [0, 0.1) is 17.8 Å². The van der Waals surface area contributed by atoms with Gasteiger partial charge in [-0.25, -0.2) is 0 Å². The fourth-order valence-electron chi connectivity index (χ4n) is 3.49. The summed E-state index contributed by atoms with van der Waals surface area (Å²) in [5.74, 6) is -3.21. The fourth-order valence-corrected chi connectivity index (χ4v) is 3.49. The Morgan fingerprint density at radius 2 is 1.67 bits per heavy atom. The van der Waals surface area contributed by atoms with Crippen molar-refractivity contribution in [1.82, 2.24) is 4.90 Å². The Hall–Kier alpha value is -1.89. The number of hydrogen-bond acceptors (Lipinski definition) is 4. The largest absolute Gasteiger partial charge is 0.481 e. The van der Waals surface area contributed by atoms with Gasteiger partial charge in [-0.3, -0.25) is 14.4 Å². The second-order valence-corrected chi connectivity index (χ2v) is 5.84. The highest BCUT2D eigenvalue weighted by molar-refractivity contribution is 5.87. The molecule has 0 spiro atoms. The molecule has 3 aliphatic heterocycles. The zero-order chi connectivity index (χ0) is 15.1. The van der Waals surface area contributed by atoms with E-state index in [0.29, 0.717) is 25.9 Å². The van der Waals surface area contributed by atoms with Crippen LogP contribution in [0.2, 0.25) is 0 Å². The van der Waals surface area contributed by atoms with Gasteiger partial charge in [0.15, 0.2) is 0 Å². The summed E-state index contributed by atoms with van der Waals surface area (Å²) in [4.78, 5) is 36.8. The summed E-state index contributed by atoms with van der Waals surface area (Å²) < 4.78 is 5.52. The molecule has 4 atom stereocenters. The van der Waals surface area contributed by atoms with Crippen molar-refractivity contribution in [2.45, 2.75) is 25.0 Å². The summed E-state index contributed by atoms with van der Waals surface area (Å²) in [5, 5.41) is 9.32. The predicted molar refractivity (Wildman–Crippen MR) is 70.9 cm³/mol. The normalized spacial score (nSPS) is 35.1. The number of amides is 2. The van der Waals surface area contributed by atoms with E-state index in [2.05, 4.69) is 0 Å². The second kappa shape index (κ2) is 5.14. The molecule has 2 saturated heterocycles. The number of hydrogen-bond donors (Lipinski definition) is 2. The minimum Gasteiger partial charge on any atom is -0.481 e. The van der Waals surface area contributed by atoms with Crippen LogP contribution in [0.15, 0.2) is 12.2 Å². The van der Waals surface area contributed by atoms with Crippen LogP contribution >= 0.6 is 0 Å². The van der Waals surface area contributed by atoms with Crippen molar-refractivity contribution in [2.24, 2.45) is 23.5 Å². The van der Waals surface area contributed by atoms with Crippen LogP contribution < -0.4 is 5.73 Å². The molecule has 114 valence electrons. The van der Waals surface area contributed by atoms with Crippen molar-refractivity contribution in [2.75, 3.05) is 13.1 Å². The van der Waals surface area contributed by atoms with Gasteiger partial charge in [-0.2, -0.15) is 0 Å². The molecule has 2 amide bonds. The number of carbonyl (C=O) groups is 3. The predicted octanol–water partition coefficient (Wildman–Crippen LogP) is -0.635. The van der Waals surface area contributed by atoms with Gasteiger partial charge in [-0.05, 0) is 12.8 Å². The first kappa shape index (κ1) is 14.1. The van der Waals surface area contributed by atoms with Crippen LogP contribution in [0.4, 0.5) is 0 Å². The highest BCUT2D eigenvalue weighted by atomic mass is 16.5. The van der Waals surface area contributed by atoms with E-state index in [1.54, 1.807) is 17.1 Å². The lowest BCUT2D eigenvalue weighted by Gasteiger charge is -2.34. The van der Waals surface area contributed by atoms with E-state index in [9.17, 15) is 19.5 Å². The molecule has 7 heteroatoms. The van der Waals surface area contributed by atoms with Crippen LogP contribution in [0.1, 0.15) is 12.8 Å². The number of fused-ring (bicyclic) bond motifs is 2. The highest BCUT2D eigenvalue weighted by Crippen LogP contribution is 2.40. The first-order valence-electron chi connectivity index (χ1n) is 7.13. The topological polar surface area (TPSA) is 110 Å². The van der Waals surface area contributed by atoms with Gasteiger partial charge in [-0.15, -0.1) is 0 Å². The number of carboxylic acids is 1. The van der Waals surface area contributed by atoms with E-state index < -0.39 is 30.0 Å². The molecule has 0 aliphatic carbocycles. The van der Waals surface area contributed by atoms with Gasteiger partial charge in [0.2, 0.25) is 11.8 Å². The number of carboxylic acid groups (broad SMARTS) is 1. The first-order chi connectivity index (χ1) is 9.99. The first-order valence-corrected chi connectivity index (χ1v) is 7.13. The Morgan fingerprint density at radius 3 is 2.19 bits per heavy atom. The maximum Gasteiger partial charge on any atom is 0.310 e. The zero-order valence-corrected chi connectivity index (χ0v) is 11.5. The number of primary amides is 1. The number of ether oxygens (including phenoxy) is 1. The summed E-state index contributed by atoms with van der Waals surface area (Å²) >= 11 is 0. The van der Waals surface area contributed by atoms with E-state index in [4.69, 9.17) is 10.5 Å². The molecule has 0 aromatic rings. The van der Waals surface area contributed by atoms with Crippen LogP contribution in [0.3, 0.4) is 0 Å². The van der Waals surface area contributed by atoms with Crippen LogP contribution in [-0.4, -0.2) is 53.1 Å². The molecule has 7 nitrogen and oxygen atoms in total. The van der Waals surface area contributed by atoms with Crippen molar-refractivity contribution >= 4 is 17.8 Å². The molecule has 3 N–H and O–H groups in total. The number of nitrogens with two attached hydrogens (primary N) is 1. The Kier molecular flexibility index (Phi) is 3.44. The summed E-state index contributed by atoms with van der Waals surface area (Å²) in [6.45, 7) is 0.882. The van der Waals surface area contributed by atoms with Gasteiger partial charge in [0.25, 0.3) is 0 Å². The van der Waals surface area contributed by atoms with Gasteiger partial charge in [-0.1, -0.05) is 12.2 Å². The van der Waals surface area contributed by atoms with Crippen LogP contribution in [-0.2, 0) is 19.1 Å². The number of piperidine rings is 1. The molecule has 0 saturated carbocycles. The molecular weight excluding hydrogens is 276 g/mol. The van der Waals surface area contributed by atoms with E-state index in [1.165, 1.54) is 0 Å². The molecule has 2 bridgehead atoms. The lowest BCUT2D eigenvalue weighted by atomic mass is 9.81. The van der Waals surface area contributed by atoms with Gasteiger partial charge in [0, 0.05) is 19.0 Å². The average Bonchev–Trinajstić information content (AvgIpc) is 3.07. The molecule has 0 aromatic heterocycles. The lowest BCUT2D eigenvalue weighted by molar-refractivity contribution is -0.150. The Labute approximate surface area is 121 Å². The van der Waals surface area contributed by atoms with E-state index in [1.807, 2.05) is 0 Å². The van der Waals surface area contributed by atoms with Gasteiger partial charge < -0.3 is 20.5 Å². The van der Waals surface area contributed by atoms with Crippen LogP contribution in [0.25, 0.3) is 0 Å². The zero-order valence-electron chi connectivity index (χ0n) is 11.5. The molecule has 0 radical (unpaired) electrons. The third-order valence-electron chi connectivity index (χ3n) is 4.68. The molecule has 0 aromatic carbocycles.